The summed E-state index contributed by atoms with van der Waals surface area (Å²) in [5, 5.41) is 0. The van der Waals surface area contributed by atoms with Crippen LogP contribution < -0.4 is 19.6 Å². The van der Waals surface area contributed by atoms with E-state index in [4.69, 9.17) is 9.47 Å². The number of ether oxygens (including phenoxy) is 2. The quantitative estimate of drug-likeness (QED) is 0.431. The average molecular weight is 447 g/mol. The minimum Gasteiger partial charge on any atom is -0.490 e. The van der Waals surface area contributed by atoms with Crippen molar-refractivity contribution in [3.8, 4) is 5.75 Å². The molecule has 2 heterocycles. The lowest BCUT2D eigenvalue weighted by molar-refractivity contribution is -0.136. The van der Waals surface area contributed by atoms with Crippen molar-refractivity contribution >= 4 is 23.4 Å². The molecule has 0 bridgehead atoms. The number of methoxy groups -OCH3 is 1. The van der Waals surface area contributed by atoms with Gasteiger partial charge in [-0.25, -0.2) is 9.79 Å². The zero-order valence-electron chi connectivity index (χ0n) is 17.8. The van der Waals surface area contributed by atoms with Gasteiger partial charge in [0, 0.05) is 0 Å². The number of hydrogen-bond acceptors (Lipinski definition) is 6. The highest BCUT2D eigenvalue weighted by Crippen LogP contribution is 2.30. The number of esters is 1. The van der Waals surface area contributed by atoms with Crippen molar-refractivity contribution in [1.29, 1.82) is 0 Å². The summed E-state index contributed by atoms with van der Waals surface area (Å²) in [5.74, 6) is 0.193. The summed E-state index contributed by atoms with van der Waals surface area (Å²) in [4.78, 5) is 31.2. The monoisotopic (exact) mass is 446 g/mol. The van der Waals surface area contributed by atoms with Gasteiger partial charge >= 0.3 is 5.97 Å². The van der Waals surface area contributed by atoms with Crippen LogP contribution in [0.1, 0.15) is 24.1 Å². The van der Waals surface area contributed by atoms with E-state index in [0.29, 0.717) is 33.0 Å². The van der Waals surface area contributed by atoms with E-state index in [-0.39, 0.29) is 5.56 Å². The highest BCUT2D eigenvalue weighted by molar-refractivity contribution is 7.07. The molecule has 162 valence electrons. The van der Waals surface area contributed by atoms with E-state index in [1.807, 2.05) is 60.7 Å². The van der Waals surface area contributed by atoms with Crippen molar-refractivity contribution < 1.29 is 14.3 Å². The number of nitrogens with zero attached hydrogens (tertiary/aromatic N) is 2. The number of hydrogen-bond donors (Lipinski definition) is 0. The molecule has 3 aromatic rings. The molecule has 0 radical (unpaired) electrons. The molecule has 0 fully saturated rings. The van der Waals surface area contributed by atoms with Crippen LogP contribution in [0.2, 0.25) is 0 Å². The summed E-state index contributed by atoms with van der Waals surface area (Å²) in [6.07, 6.45) is 3.49. The van der Waals surface area contributed by atoms with Crippen LogP contribution in [0.15, 0.2) is 88.3 Å². The summed E-state index contributed by atoms with van der Waals surface area (Å²) < 4.78 is 12.7. The van der Waals surface area contributed by atoms with Gasteiger partial charge in [0.15, 0.2) is 4.80 Å². The Bertz CT molecular complexity index is 1380. The Kier molecular flexibility index (Phi) is 6.18. The second-order valence-corrected chi connectivity index (χ2v) is 8.17. The summed E-state index contributed by atoms with van der Waals surface area (Å²) in [7, 11) is 1.33. The molecule has 1 aliphatic heterocycles. The number of thiazole rings is 1. The third kappa shape index (κ3) is 4.07. The predicted octanol–water partition coefficient (Wildman–Crippen LogP) is 2.97. The van der Waals surface area contributed by atoms with Gasteiger partial charge in [-0.2, -0.15) is 0 Å². The van der Waals surface area contributed by atoms with Gasteiger partial charge < -0.3 is 9.47 Å². The molecule has 2 aromatic carbocycles. The van der Waals surface area contributed by atoms with Gasteiger partial charge in [-0.15, -0.1) is 0 Å². The summed E-state index contributed by atoms with van der Waals surface area (Å²) >= 11 is 1.29. The molecule has 0 saturated heterocycles. The van der Waals surface area contributed by atoms with Crippen LogP contribution in [0.4, 0.5) is 0 Å². The van der Waals surface area contributed by atoms with E-state index in [2.05, 4.69) is 11.6 Å². The molecule has 6 nitrogen and oxygen atoms in total. The lowest BCUT2D eigenvalue weighted by Crippen LogP contribution is -2.39. The molecule has 1 unspecified atom stereocenters. The molecule has 0 aliphatic carbocycles. The second-order valence-electron chi connectivity index (χ2n) is 7.16. The first kappa shape index (κ1) is 21.5. The smallest absolute Gasteiger partial charge is 0.338 e. The Morgan fingerprint density at radius 1 is 1.22 bits per heavy atom. The minimum absolute atomic E-state index is 0.214. The van der Waals surface area contributed by atoms with Crippen LogP contribution in [0, 0.1) is 0 Å². The highest BCUT2D eigenvalue weighted by Gasteiger charge is 2.32. The van der Waals surface area contributed by atoms with E-state index in [0.717, 1.165) is 11.1 Å². The van der Waals surface area contributed by atoms with Crippen molar-refractivity contribution in [2.75, 3.05) is 13.7 Å². The molecule has 0 saturated carbocycles. The second kappa shape index (κ2) is 9.20. The van der Waals surface area contributed by atoms with Crippen molar-refractivity contribution in [1.82, 2.24) is 4.57 Å². The Morgan fingerprint density at radius 2 is 2.00 bits per heavy atom. The Labute approximate surface area is 189 Å². The molecule has 4 rings (SSSR count). The zero-order valence-corrected chi connectivity index (χ0v) is 18.6. The van der Waals surface area contributed by atoms with Crippen LogP contribution in [-0.4, -0.2) is 24.3 Å². The van der Waals surface area contributed by atoms with E-state index in [1.165, 1.54) is 18.4 Å². The Morgan fingerprint density at radius 3 is 2.72 bits per heavy atom. The standard InChI is InChI=1S/C25H22N2O4S/c1-4-13-31-19-12-8-9-17(14-19)15-20-23(28)27-22(18-10-6-5-7-11-18)21(24(29)30-3)16(2)26-25(27)32-20/h4-12,14-15,22H,1,13H2,2-3H3/b20-15-. The molecule has 1 atom stereocenters. The number of rotatable bonds is 6. The van der Waals surface area contributed by atoms with E-state index in [9.17, 15) is 9.59 Å². The molecule has 0 N–H and O–H groups in total. The van der Waals surface area contributed by atoms with Gasteiger partial charge in [0.25, 0.3) is 5.56 Å². The minimum atomic E-state index is -0.607. The maximum Gasteiger partial charge on any atom is 0.338 e. The van der Waals surface area contributed by atoms with Crippen LogP contribution in [0.3, 0.4) is 0 Å². The number of carbonyl (C=O) groups excluding carboxylic acids is 1. The molecular weight excluding hydrogens is 424 g/mol. The molecule has 0 amide bonds. The molecule has 1 aromatic heterocycles. The van der Waals surface area contributed by atoms with Gasteiger partial charge in [0.05, 0.1) is 29.0 Å². The van der Waals surface area contributed by atoms with Gasteiger partial charge in [-0.1, -0.05) is 66.5 Å². The van der Waals surface area contributed by atoms with Crippen LogP contribution in [0.25, 0.3) is 6.08 Å². The van der Waals surface area contributed by atoms with E-state index < -0.39 is 12.0 Å². The number of aromatic nitrogens is 1. The summed E-state index contributed by atoms with van der Waals surface area (Å²) in [6.45, 7) is 5.82. The van der Waals surface area contributed by atoms with Gasteiger partial charge in [0.2, 0.25) is 0 Å². The van der Waals surface area contributed by atoms with Crippen molar-refractivity contribution in [3.05, 3.63) is 109 Å². The number of allylic oxidation sites excluding steroid dienone is 1. The van der Waals surface area contributed by atoms with Crippen molar-refractivity contribution in [2.24, 2.45) is 4.99 Å². The highest BCUT2D eigenvalue weighted by atomic mass is 32.1. The van der Waals surface area contributed by atoms with E-state index >= 15 is 0 Å². The van der Waals surface area contributed by atoms with Crippen LogP contribution in [-0.2, 0) is 9.53 Å². The predicted molar refractivity (Wildman–Crippen MR) is 124 cm³/mol. The first-order valence-corrected chi connectivity index (χ1v) is 10.8. The first-order valence-electron chi connectivity index (χ1n) is 10.0. The van der Waals surface area contributed by atoms with Crippen molar-refractivity contribution in [3.63, 3.8) is 0 Å². The average Bonchev–Trinajstić information content (AvgIpc) is 3.11. The fourth-order valence-corrected chi connectivity index (χ4v) is 4.69. The Hall–Kier alpha value is -3.71. The molecular formula is C25H22N2O4S. The number of fused-ring (bicyclic) bond motifs is 1. The van der Waals surface area contributed by atoms with Crippen molar-refractivity contribution in [2.45, 2.75) is 13.0 Å². The van der Waals surface area contributed by atoms with Gasteiger partial charge in [0.1, 0.15) is 12.4 Å². The zero-order chi connectivity index (χ0) is 22.7. The number of benzene rings is 2. The molecule has 1 aliphatic rings. The van der Waals surface area contributed by atoms with Crippen LogP contribution >= 0.6 is 11.3 Å². The fraction of sp³-hybridized carbons (Fsp3) is 0.160. The first-order chi connectivity index (χ1) is 15.5. The summed E-state index contributed by atoms with van der Waals surface area (Å²) in [5.41, 5.74) is 2.33. The molecule has 7 heteroatoms. The third-order valence-electron chi connectivity index (χ3n) is 5.07. The van der Waals surface area contributed by atoms with Crippen LogP contribution in [0.5, 0.6) is 5.75 Å². The van der Waals surface area contributed by atoms with Gasteiger partial charge in [-0.05, 0) is 36.3 Å². The summed E-state index contributed by atoms with van der Waals surface area (Å²) in [6, 6.07) is 16.3. The molecule has 32 heavy (non-hydrogen) atoms. The largest absolute Gasteiger partial charge is 0.490 e. The van der Waals surface area contributed by atoms with E-state index in [1.54, 1.807) is 17.6 Å². The normalized spacial score (nSPS) is 15.7. The fourth-order valence-electron chi connectivity index (χ4n) is 3.64. The Balaban J connectivity index is 1.89. The number of carbonyl (C=O) groups is 1. The maximum atomic E-state index is 13.5. The topological polar surface area (TPSA) is 69.9 Å². The maximum absolute atomic E-state index is 13.5. The molecule has 0 spiro atoms. The third-order valence-corrected chi connectivity index (χ3v) is 6.05. The SMILES string of the molecule is C=CCOc1cccc(/C=c2\sc3n(c2=O)C(c2ccccc2)C(C(=O)OC)=C(C)N=3)c1. The lowest BCUT2D eigenvalue weighted by Gasteiger charge is -2.24. The lowest BCUT2D eigenvalue weighted by atomic mass is 9.96. The van der Waals surface area contributed by atoms with Gasteiger partial charge in [-0.3, -0.25) is 9.36 Å².